The molecule has 1 saturated heterocycles. The van der Waals surface area contributed by atoms with Crippen molar-refractivity contribution in [3.8, 4) is 0 Å². The molecule has 0 N–H and O–H groups in total. The number of esters is 1. The topological polar surface area (TPSA) is 82.1 Å². The van der Waals surface area contributed by atoms with Crippen LogP contribution in [0.3, 0.4) is 0 Å². The summed E-state index contributed by atoms with van der Waals surface area (Å²) in [5.74, 6) is -0.656. The maximum Gasteiger partial charge on any atom is 0.494 e. The molecule has 7 nitrogen and oxygen atoms in total. The molecule has 3 aromatic carbocycles. The number of unbranched alkanes of at least 4 members (excludes halogenated alkanes) is 1. The van der Waals surface area contributed by atoms with Crippen LogP contribution in [0.15, 0.2) is 59.5 Å². The maximum atomic E-state index is 13.8. The van der Waals surface area contributed by atoms with Gasteiger partial charge < -0.3 is 14.0 Å². The summed E-state index contributed by atoms with van der Waals surface area (Å²) < 4.78 is 46.2. The molecule has 0 unspecified atom stereocenters. The number of hydrogen-bond donors (Lipinski definition) is 0. The highest BCUT2D eigenvalue weighted by molar-refractivity contribution is 7.92. The highest BCUT2D eigenvalue weighted by Crippen LogP contribution is 2.37. The predicted octanol–water partition coefficient (Wildman–Crippen LogP) is 5.98. The summed E-state index contributed by atoms with van der Waals surface area (Å²) in [6, 6.07) is 14.9. The molecule has 39 heavy (non-hydrogen) atoms. The SMILES string of the molecule is CCCCOC(=O)CN(c1ccc2cc(B3OC(C)(C)C(C)(C)O3)ccc2c1)S(=O)(=O)c1cc(Cl)cc(Cl)c1. The molecule has 0 amide bonds. The maximum absolute atomic E-state index is 13.8. The van der Waals surface area contributed by atoms with Gasteiger partial charge in [-0.25, -0.2) is 8.42 Å². The molecule has 0 spiro atoms. The summed E-state index contributed by atoms with van der Waals surface area (Å²) in [5, 5.41) is 1.97. The minimum Gasteiger partial charge on any atom is -0.464 e. The van der Waals surface area contributed by atoms with Crippen LogP contribution in [-0.2, 0) is 28.9 Å². The first-order valence-electron chi connectivity index (χ1n) is 12.8. The number of sulfonamides is 1. The van der Waals surface area contributed by atoms with Crippen molar-refractivity contribution < 1.29 is 27.3 Å². The van der Waals surface area contributed by atoms with E-state index in [1.54, 1.807) is 18.2 Å². The van der Waals surface area contributed by atoms with E-state index < -0.39 is 40.9 Å². The van der Waals surface area contributed by atoms with Crippen LogP contribution in [0.1, 0.15) is 47.5 Å². The molecule has 0 aromatic heterocycles. The first-order valence-corrected chi connectivity index (χ1v) is 15.0. The second-order valence-electron chi connectivity index (χ2n) is 10.6. The Morgan fingerprint density at radius 2 is 1.51 bits per heavy atom. The van der Waals surface area contributed by atoms with Gasteiger partial charge in [0, 0.05) is 10.0 Å². The zero-order valence-corrected chi connectivity index (χ0v) is 25.0. The summed E-state index contributed by atoms with van der Waals surface area (Å²) in [7, 11) is -4.74. The number of carbonyl (C=O) groups excluding carboxylic acids is 1. The van der Waals surface area contributed by atoms with Crippen molar-refractivity contribution in [2.45, 2.75) is 63.6 Å². The Bertz CT molecular complexity index is 1460. The second kappa shape index (κ2) is 11.3. The molecular formula is C28H32BCl2NO6S. The molecule has 1 aliphatic rings. The van der Waals surface area contributed by atoms with Gasteiger partial charge in [0.1, 0.15) is 6.54 Å². The average molecular weight is 592 g/mol. The summed E-state index contributed by atoms with van der Waals surface area (Å²) in [5.41, 5.74) is 0.210. The molecule has 0 bridgehead atoms. The van der Waals surface area contributed by atoms with Gasteiger partial charge in [-0.1, -0.05) is 60.8 Å². The van der Waals surface area contributed by atoms with Crippen molar-refractivity contribution in [1.82, 2.24) is 0 Å². The van der Waals surface area contributed by atoms with Crippen LogP contribution >= 0.6 is 23.2 Å². The minimum atomic E-state index is -4.22. The van der Waals surface area contributed by atoms with Crippen LogP contribution in [0.5, 0.6) is 0 Å². The third-order valence-corrected chi connectivity index (χ3v) is 9.31. The molecule has 0 aliphatic carbocycles. The lowest BCUT2D eigenvalue weighted by molar-refractivity contribution is -0.141. The summed E-state index contributed by atoms with van der Waals surface area (Å²) in [4.78, 5) is 12.5. The number of hydrogen-bond acceptors (Lipinski definition) is 6. The van der Waals surface area contributed by atoms with E-state index in [2.05, 4.69) is 0 Å². The van der Waals surface area contributed by atoms with E-state index in [9.17, 15) is 13.2 Å². The number of fused-ring (bicyclic) bond motifs is 1. The van der Waals surface area contributed by atoms with E-state index in [1.807, 2.05) is 52.8 Å². The van der Waals surface area contributed by atoms with Crippen LogP contribution < -0.4 is 9.77 Å². The Hall–Kier alpha value is -2.30. The zero-order chi connectivity index (χ0) is 28.6. The van der Waals surface area contributed by atoms with Gasteiger partial charge in [0.15, 0.2) is 0 Å². The number of halogens is 2. The second-order valence-corrected chi connectivity index (χ2v) is 13.3. The number of nitrogens with zero attached hydrogens (tertiary/aromatic N) is 1. The van der Waals surface area contributed by atoms with Crippen LogP contribution in [-0.4, -0.2) is 45.9 Å². The van der Waals surface area contributed by atoms with Gasteiger partial charge in [-0.05, 0) is 80.7 Å². The Morgan fingerprint density at radius 3 is 2.13 bits per heavy atom. The van der Waals surface area contributed by atoms with Crippen LogP contribution in [0.25, 0.3) is 10.8 Å². The van der Waals surface area contributed by atoms with Gasteiger partial charge in [0.05, 0.1) is 28.4 Å². The van der Waals surface area contributed by atoms with E-state index in [1.165, 1.54) is 18.2 Å². The molecular weight excluding hydrogens is 560 g/mol. The Labute approximate surface area is 240 Å². The summed E-state index contributed by atoms with van der Waals surface area (Å²) >= 11 is 12.2. The van der Waals surface area contributed by atoms with E-state index in [0.717, 1.165) is 27.0 Å². The molecule has 0 saturated carbocycles. The first kappa shape index (κ1) is 29.7. The normalized spacial score (nSPS) is 16.4. The van der Waals surface area contributed by atoms with Crippen molar-refractivity contribution in [2.75, 3.05) is 17.5 Å². The van der Waals surface area contributed by atoms with Gasteiger partial charge in [0.2, 0.25) is 0 Å². The number of ether oxygens (including phenoxy) is 1. The molecule has 1 heterocycles. The van der Waals surface area contributed by atoms with Crippen molar-refractivity contribution >= 4 is 68.2 Å². The zero-order valence-electron chi connectivity index (χ0n) is 22.7. The smallest absolute Gasteiger partial charge is 0.464 e. The number of rotatable bonds is 9. The third-order valence-electron chi connectivity index (χ3n) is 7.12. The molecule has 3 aromatic rings. The van der Waals surface area contributed by atoms with E-state index in [-0.39, 0.29) is 21.5 Å². The molecule has 0 radical (unpaired) electrons. The molecule has 11 heteroatoms. The first-order chi connectivity index (χ1) is 18.2. The fourth-order valence-corrected chi connectivity index (χ4v) is 6.27. The average Bonchev–Trinajstić information content (AvgIpc) is 3.08. The highest BCUT2D eigenvalue weighted by Gasteiger charge is 2.51. The van der Waals surface area contributed by atoms with Crippen molar-refractivity contribution in [2.24, 2.45) is 0 Å². The molecule has 1 aliphatic heterocycles. The quantitative estimate of drug-likeness (QED) is 0.173. The Morgan fingerprint density at radius 1 is 0.923 bits per heavy atom. The highest BCUT2D eigenvalue weighted by atomic mass is 35.5. The van der Waals surface area contributed by atoms with Gasteiger partial charge in [0.25, 0.3) is 10.0 Å². The lowest BCUT2D eigenvalue weighted by atomic mass is 9.78. The number of carbonyl (C=O) groups is 1. The van der Waals surface area contributed by atoms with Gasteiger partial charge >= 0.3 is 13.1 Å². The fraction of sp³-hybridized carbons (Fsp3) is 0.393. The van der Waals surface area contributed by atoms with Gasteiger partial charge in [-0.3, -0.25) is 9.10 Å². The monoisotopic (exact) mass is 591 g/mol. The van der Waals surface area contributed by atoms with E-state index >= 15 is 0 Å². The Kier molecular flexibility index (Phi) is 8.60. The van der Waals surface area contributed by atoms with Crippen molar-refractivity contribution in [3.63, 3.8) is 0 Å². The van der Waals surface area contributed by atoms with Gasteiger partial charge in [-0.2, -0.15) is 0 Å². The minimum absolute atomic E-state index is 0.127. The lowest BCUT2D eigenvalue weighted by Gasteiger charge is -2.32. The predicted molar refractivity (Wildman–Crippen MR) is 157 cm³/mol. The standard InChI is InChI=1S/C28H32BCl2NO6S/c1-6-7-12-36-26(33)18-32(39(34,35)25-16-22(30)15-23(31)17-25)24-11-9-19-13-21(10-8-20(19)14-24)29-37-27(2,3)28(4,5)38-29/h8-11,13-17H,6-7,12,18H2,1-5H3. The lowest BCUT2D eigenvalue weighted by Crippen LogP contribution is -2.41. The number of benzene rings is 3. The molecule has 4 rings (SSSR count). The Balaban J connectivity index is 1.70. The van der Waals surface area contributed by atoms with Crippen molar-refractivity contribution in [3.05, 3.63) is 64.6 Å². The summed E-state index contributed by atoms with van der Waals surface area (Å²) in [6.07, 6.45) is 1.53. The number of anilines is 1. The molecule has 1 fully saturated rings. The van der Waals surface area contributed by atoms with Crippen LogP contribution in [0, 0.1) is 0 Å². The van der Waals surface area contributed by atoms with Crippen LogP contribution in [0.4, 0.5) is 5.69 Å². The molecule has 0 atom stereocenters. The van der Waals surface area contributed by atoms with Crippen LogP contribution in [0.2, 0.25) is 10.0 Å². The summed E-state index contributed by atoms with van der Waals surface area (Å²) in [6.45, 7) is 9.66. The van der Waals surface area contributed by atoms with Gasteiger partial charge in [-0.15, -0.1) is 0 Å². The van der Waals surface area contributed by atoms with E-state index in [0.29, 0.717) is 12.1 Å². The van der Waals surface area contributed by atoms with E-state index in [4.69, 9.17) is 37.2 Å². The van der Waals surface area contributed by atoms with Crippen molar-refractivity contribution in [1.29, 1.82) is 0 Å². The largest absolute Gasteiger partial charge is 0.494 e. The molecule has 208 valence electrons. The third kappa shape index (κ3) is 6.38. The fourth-order valence-electron chi connectivity index (χ4n) is 4.15.